The van der Waals surface area contributed by atoms with Gasteiger partial charge in [0.15, 0.2) is 0 Å². The maximum atomic E-state index is 5.44. The second kappa shape index (κ2) is 7.80. The minimum absolute atomic E-state index is 0.512. The van der Waals surface area contributed by atoms with Crippen molar-refractivity contribution in [3.8, 4) is 5.75 Å². The van der Waals surface area contributed by atoms with Crippen molar-refractivity contribution in [2.75, 3.05) is 13.7 Å². The average Bonchev–Trinajstić information content (AvgIpc) is 2.28. The van der Waals surface area contributed by atoms with Crippen molar-refractivity contribution in [1.29, 1.82) is 0 Å². The van der Waals surface area contributed by atoms with Crippen molar-refractivity contribution in [3.05, 3.63) is 28.2 Å². The molecule has 0 aliphatic carbocycles. The minimum atomic E-state index is 0.512. The number of rotatable bonds is 7. The van der Waals surface area contributed by atoms with Crippen molar-refractivity contribution in [2.45, 2.75) is 39.7 Å². The third-order valence-electron chi connectivity index (χ3n) is 2.96. The highest BCUT2D eigenvalue weighted by Gasteiger charge is 2.13. The Morgan fingerprint density at radius 3 is 2.61 bits per heavy atom. The van der Waals surface area contributed by atoms with Crippen LogP contribution in [0.5, 0.6) is 5.75 Å². The Bertz CT molecular complexity index is 366. The Hall–Kier alpha value is -0.540. The van der Waals surface area contributed by atoms with E-state index in [4.69, 9.17) is 4.74 Å². The van der Waals surface area contributed by atoms with Gasteiger partial charge in [-0.15, -0.1) is 0 Å². The highest BCUT2D eigenvalue weighted by Crippen LogP contribution is 2.25. The van der Waals surface area contributed by atoms with E-state index in [1.807, 2.05) is 12.1 Å². The molecule has 0 bridgehead atoms. The first-order chi connectivity index (χ1) is 8.56. The Morgan fingerprint density at radius 2 is 2.06 bits per heavy atom. The SMILES string of the molecule is CCNC(Cc1cc(Br)ccc1OC)CC(C)C. The van der Waals surface area contributed by atoms with Gasteiger partial charge in [-0.05, 0) is 49.1 Å². The smallest absolute Gasteiger partial charge is 0.122 e. The van der Waals surface area contributed by atoms with E-state index in [2.05, 4.69) is 48.1 Å². The third-order valence-corrected chi connectivity index (χ3v) is 3.45. The second-order valence-corrected chi connectivity index (χ2v) is 5.96. The first kappa shape index (κ1) is 15.5. The van der Waals surface area contributed by atoms with E-state index in [9.17, 15) is 0 Å². The summed E-state index contributed by atoms with van der Waals surface area (Å²) in [6.45, 7) is 7.70. The van der Waals surface area contributed by atoms with Gasteiger partial charge in [-0.1, -0.05) is 36.7 Å². The number of methoxy groups -OCH3 is 1. The molecule has 1 unspecified atom stereocenters. The maximum absolute atomic E-state index is 5.44. The Kier molecular flexibility index (Phi) is 6.72. The van der Waals surface area contributed by atoms with Crippen LogP contribution in [0, 0.1) is 5.92 Å². The van der Waals surface area contributed by atoms with E-state index in [-0.39, 0.29) is 0 Å². The highest BCUT2D eigenvalue weighted by atomic mass is 79.9. The molecule has 0 aliphatic rings. The summed E-state index contributed by atoms with van der Waals surface area (Å²) in [5.74, 6) is 1.68. The van der Waals surface area contributed by atoms with E-state index in [1.165, 1.54) is 12.0 Å². The van der Waals surface area contributed by atoms with Crippen LogP contribution in [-0.2, 0) is 6.42 Å². The van der Waals surface area contributed by atoms with Crippen LogP contribution in [0.3, 0.4) is 0 Å². The standard InChI is InChI=1S/C15H24BrNO/c1-5-17-14(8-11(2)3)10-12-9-13(16)6-7-15(12)18-4/h6-7,9,11,14,17H,5,8,10H2,1-4H3. The lowest BCUT2D eigenvalue weighted by molar-refractivity contribution is 0.393. The molecular weight excluding hydrogens is 290 g/mol. The molecule has 0 aliphatic heterocycles. The molecule has 3 heteroatoms. The van der Waals surface area contributed by atoms with Crippen LogP contribution in [0.25, 0.3) is 0 Å². The maximum Gasteiger partial charge on any atom is 0.122 e. The fourth-order valence-electron chi connectivity index (χ4n) is 2.27. The van der Waals surface area contributed by atoms with E-state index in [1.54, 1.807) is 7.11 Å². The largest absolute Gasteiger partial charge is 0.496 e. The number of hydrogen-bond acceptors (Lipinski definition) is 2. The van der Waals surface area contributed by atoms with Crippen LogP contribution in [0.4, 0.5) is 0 Å². The predicted molar refractivity (Wildman–Crippen MR) is 81.3 cm³/mol. The van der Waals surface area contributed by atoms with Crippen molar-refractivity contribution < 1.29 is 4.74 Å². The van der Waals surface area contributed by atoms with Gasteiger partial charge in [0, 0.05) is 10.5 Å². The van der Waals surface area contributed by atoms with Crippen LogP contribution in [0.1, 0.15) is 32.8 Å². The van der Waals surface area contributed by atoms with Crippen LogP contribution >= 0.6 is 15.9 Å². The lowest BCUT2D eigenvalue weighted by Crippen LogP contribution is -2.32. The summed E-state index contributed by atoms with van der Waals surface area (Å²) in [6, 6.07) is 6.71. The zero-order valence-corrected chi connectivity index (χ0v) is 13.4. The van der Waals surface area contributed by atoms with Gasteiger partial charge in [0.1, 0.15) is 5.75 Å². The zero-order valence-electron chi connectivity index (χ0n) is 11.8. The molecule has 1 aromatic carbocycles. The monoisotopic (exact) mass is 313 g/mol. The molecule has 1 rings (SSSR count). The molecule has 1 atom stereocenters. The number of halogens is 1. The molecular formula is C15H24BrNO. The van der Waals surface area contributed by atoms with Crippen molar-refractivity contribution >= 4 is 15.9 Å². The molecule has 0 saturated heterocycles. The van der Waals surface area contributed by atoms with Crippen LogP contribution < -0.4 is 10.1 Å². The van der Waals surface area contributed by atoms with Gasteiger partial charge >= 0.3 is 0 Å². The second-order valence-electron chi connectivity index (χ2n) is 5.04. The summed E-state index contributed by atoms with van der Waals surface area (Å²) in [4.78, 5) is 0. The zero-order chi connectivity index (χ0) is 13.5. The quantitative estimate of drug-likeness (QED) is 0.820. The first-order valence-corrected chi connectivity index (χ1v) is 7.41. The third kappa shape index (κ3) is 4.99. The van der Waals surface area contributed by atoms with Gasteiger partial charge in [-0.2, -0.15) is 0 Å². The van der Waals surface area contributed by atoms with Crippen molar-refractivity contribution in [1.82, 2.24) is 5.32 Å². The van der Waals surface area contributed by atoms with Crippen LogP contribution in [-0.4, -0.2) is 19.7 Å². The van der Waals surface area contributed by atoms with Gasteiger partial charge in [-0.25, -0.2) is 0 Å². The van der Waals surface area contributed by atoms with Gasteiger partial charge in [0.25, 0.3) is 0 Å². The lowest BCUT2D eigenvalue weighted by atomic mass is 9.97. The first-order valence-electron chi connectivity index (χ1n) is 6.62. The Labute approximate surface area is 119 Å². The molecule has 0 radical (unpaired) electrons. The lowest BCUT2D eigenvalue weighted by Gasteiger charge is -2.21. The summed E-state index contributed by atoms with van der Waals surface area (Å²) < 4.78 is 6.55. The molecule has 0 heterocycles. The minimum Gasteiger partial charge on any atom is -0.496 e. The molecule has 102 valence electrons. The van der Waals surface area contributed by atoms with Gasteiger partial charge in [0.2, 0.25) is 0 Å². The molecule has 0 fully saturated rings. The van der Waals surface area contributed by atoms with Crippen molar-refractivity contribution in [2.24, 2.45) is 5.92 Å². The molecule has 18 heavy (non-hydrogen) atoms. The number of ether oxygens (including phenoxy) is 1. The number of nitrogens with one attached hydrogen (secondary N) is 1. The molecule has 0 aromatic heterocycles. The normalized spacial score (nSPS) is 12.8. The summed E-state index contributed by atoms with van der Waals surface area (Å²) >= 11 is 3.53. The van der Waals surface area contributed by atoms with Gasteiger partial charge in [-0.3, -0.25) is 0 Å². The summed E-state index contributed by atoms with van der Waals surface area (Å²) in [6.07, 6.45) is 2.19. The fourth-order valence-corrected chi connectivity index (χ4v) is 2.68. The average molecular weight is 314 g/mol. The highest BCUT2D eigenvalue weighted by molar-refractivity contribution is 9.10. The Balaban J connectivity index is 2.81. The molecule has 2 nitrogen and oxygen atoms in total. The number of benzene rings is 1. The Morgan fingerprint density at radius 1 is 1.33 bits per heavy atom. The van der Waals surface area contributed by atoms with Gasteiger partial charge in [0.05, 0.1) is 7.11 Å². The topological polar surface area (TPSA) is 21.3 Å². The number of hydrogen-bond donors (Lipinski definition) is 1. The van der Waals surface area contributed by atoms with Crippen molar-refractivity contribution in [3.63, 3.8) is 0 Å². The van der Waals surface area contributed by atoms with E-state index < -0.39 is 0 Å². The summed E-state index contributed by atoms with van der Waals surface area (Å²) in [5.41, 5.74) is 1.26. The van der Waals surface area contributed by atoms with E-state index in [0.717, 1.165) is 23.2 Å². The summed E-state index contributed by atoms with van der Waals surface area (Å²) in [5, 5.41) is 3.56. The fraction of sp³-hybridized carbons (Fsp3) is 0.600. The summed E-state index contributed by atoms with van der Waals surface area (Å²) in [7, 11) is 1.73. The number of likely N-dealkylation sites (N-methyl/N-ethyl adjacent to an activating group) is 1. The molecule has 0 spiro atoms. The van der Waals surface area contributed by atoms with Gasteiger partial charge < -0.3 is 10.1 Å². The van der Waals surface area contributed by atoms with Crippen LogP contribution in [0.2, 0.25) is 0 Å². The van der Waals surface area contributed by atoms with E-state index >= 15 is 0 Å². The molecule has 0 amide bonds. The predicted octanol–water partition coefficient (Wildman–Crippen LogP) is 4.02. The molecule has 1 aromatic rings. The molecule has 0 saturated carbocycles. The molecule has 1 N–H and O–H groups in total. The van der Waals surface area contributed by atoms with E-state index in [0.29, 0.717) is 12.0 Å². The van der Waals surface area contributed by atoms with Crippen LogP contribution in [0.15, 0.2) is 22.7 Å².